The molecule has 0 radical (unpaired) electrons. The second-order valence-electron chi connectivity index (χ2n) is 5.07. The van der Waals surface area contributed by atoms with E-state index in [1.54, 1.807) is 0 Å². The summed E-state index contributed by atoms with van der Waals surface area (Å²) in [7, 11) is 1.48. The lowest BCUT2D eigenvalue weighted by Gasteiger charge is -2.12. The van der Waals surface area contributed by atoms with Crippen LogP contribution in [0.1, 0.15) is 5.56 Å². The van der Waals surface area contributed by atoms with Crippen LogP contribution >= 0.6 is 24.0 Å². The van der Waals surface area contributed by atoms with Crippen LogP contribution in [0.15, 0.2) is 47.5 Å². The van der Waals surface area contributed by atoms with Gasteiger partial charge in [0.1, 0.15) is 17.5 Å². The second-order valence-corrected chi connectivity index (χ2v) is 5.07. The monoisotopic (exact) mass is 478 g/mol. The third kappa shape index (κ3) is 6.90. The minimum absolute atomic E-state index is 0. The van der Waals surface area contributed by atoms with E-state index >= 15 is 0 Å². The quantitative estimate of drug-likeness (QED) is 0.352. The van der Waals surface area contributed by atoms with Crippen LogP contribution in [-0.4, -0.2) is 25.5 Å². The van der Waals surface area contributed by atoms with Gasteiger partial charge in [0.15, 0.2) is 5.96 Å². The normalized spacial score (nSPS) is 10.7. The van der Waals surface area contributed by atoms with Crippen molar-refractivity contribution in [3.63, 3.8) is 0 Å². The molecule has 0 fully saturated rings. The molecule has 0 saturated carbocycles. The summed E-state index contributed by atoms with van der Waals surface area (Å²) in [5, 5.41) is 8.10. The average molecular weight is 478 g/mol. The van der Waals surface area contributed by atoms with E-state index in [1.165, 1.54) is 31.3 Å². The van der Waals surface area contributed by atoms with Gasteiger partial charge in [-0.25, -0.2) is 13.2 Å². The highest BCUT2D eigenvalue weighted by molar-refractivity contribution is 14.0. The highest BCUT2D eigenvalue weighted by Crippen LogP contribution is 2.09. The van der Waals surface area contributed by atoms with Crippen molar-refractivity contribution < 1.29 is 18.0 Å². The molecule has 0 spiro atoms. The molecular formula is C17H18F3IN4O. The summed E-state index contributed by atoms with van der Waals surface area (Å²) in [5.74, 6) is -1.60. The molecule has 0 aliphatic heterocycles. The van der Waals surface area contributed by atoms with Gasteiger partial charge in [-0.15, -0.1) is 24.0 Å². The summed E-state index contributed by atoms with van der Waals surface area (Å²) in [4.78, 5) is 15.7. The number of hydrogen-bond acceptors (Lipinski definition) is 2. The van der Waals surface area contributed by atoms with Gasteiger partial charge in [0.25, 0.3) is 0 Å². The van der Waals surface area contributed by atoms with E-state index in [0.717, 1.165) is 18.2 Å². The summed E-state index contributed by atoms with van der Waals surface area (Å²) in [5.41, 5.74) is 0.594. The fraction of sp³-hybridized carbons (Fsp3) is 0.176. The first-order valence-corrected chi connectivity index (χ1v) is 7.42. The molecule has 26 heavy (non-hydrogen) atoms. The molecule has 3 N–H and O–H groups in total. The van der Waals surface area contributed by atoms with Crippen molar-refractivity contribution in [3.8, 4) is 0 Å². The van der Waals surface area contributed by atoms with Crippen molar-refractivity contribution in [2.45, 2.75) is 6.54 Å². The number of amides is 1. The fourth-order valence-electron chi connectivity index (χ4n) is 1.98. The molecule has 0 aliphatic carbocycles. The van der Waals surface area contributed by atoms with Crippen LogP contribution in [0.25, 0.3) is 0 Å². The Kier molecular flexibility index (Phi) is 8.90. The van der Waals surface area contributed by atoms with Gasteiger partial charge in [-0.2, -0.15) is 0 Å². The molecule has 0 aliphatic rings. The molecule has 2 rings (SSSR count). The van der Waals surface area contributed by atoms with Gasteiger partial charge in [-0.3, -0.25) is 9.79 Å². The Labute approximate surface area is 166 Å². The number of carbonyl (C=O) groups excluding carboxylic acids is 1. The lowest BCUT2D eigenvalue weighted by atomic mass is 10.2. The van der Waals surface area contributed by atoms with Crippen molar-refractivity contribution in [1.29, 1.82) is 0 Å². The number of carbonyl (C=O) groups is 1. The summed E-state index contributed by atoms with van der Waals surface area (Å²) in [6.45, 7) is -0.106. The number of halogens is 4. The molecule has 0 bridgehead atoms. The first-order chi connectivity index (χ1) is 12.0. The van der Waals surface area contributed by atoms with Crippen molar-refractivity contribution in [2.24, 2.45) is 4.99 Å². The number of nitrogens with one attached hydrogen (secondary N) is 3. The molecule has 0 saturated heterocycles. The first kappa shape index (κ1) is 21.7. The van der Waals surface area contributed by atoms with E-state index in [-0.39, 0.29) is 54.5 Å². The van der Waals surface area contributed by atoms with Gasteiger partial charge in [0.05, 0.1) is 6.54 Å². The van der Waals surface area contributed by atoms with Gasteiger partial charge in [0, 0.05) is 24.8 Å². The van der Waals surface area contributed by atoms with E-state index in [1.807, 2.05) is 0 Å². The van der Waals surface area contributed by atoms with Gasteiger partial charge < -0.3 is 16.0 Å². The number of hydrogen-bond donors (Lipinski definition) is 3. The van der Waals surface area contributed by atoms with E-state index in [4.69, 9.17) is 0 Å². The molecule has 5 nitrogen and oxygen atoms in total. The molecular weight excluding hydrogens is 460 g/mol. The van der Waals surface area contributed by atoms with Gasteiger partial charge >= 0.3 is 0 Å². The zero-order valence-electron chi connectivity index (χ0n) is 13.9. The van der Waals surface area contributed by atoms with Crippen LogP contribution in [0.2, 0.25) is 0 Å². The molecule has 0 aromatic heterocycles. The van der Waals surface area contributed by atoms with E-state index in [2.05, 4.69) is 20.9 Å². The first-order valence-electron chi connectivity index (χ1n) is 7.42. The largest absolute Gasteiger partial charge is 0.352 e. The molecule has 2 aromatic carbocycles. The van der Waals surface area contributed by atoms with Crippen molar-refractivity contribution in [2.75, 3.05) is 18.9 Å². The van der Waals surface area contributed by atoms with Gasteiger partial charge in [-0.1, -0.05) is 0 Å². The SMILES string of the molecule is CN=C(NCC(=O)Nc1ccc(F)cc1)NCc1cc(F)ccc1F.I. The fourth-order valence-corrected chi connectivity index (χ4v) is 1.98. The molecule has 140 valence electrons. The van der Waals surface area contributed by atoms with Crippen LogP contribution in [0.3, 0.4) is 0 Å². The molecule has 0 unspecified atom stereocenters. The van der Waals surface area contributed by atoms with E-state index < -0.39 is 17.5 Å². The number of nitrogens with zero attached hydrogens (tertiary/aromatic N) is 1. The minimum Gasteiger partial charge on any atom is -0.352 e. The third-order valence-corrected chi connectivity index (χ3v) is 3.22. The number of anilines is 1. The predicted octanol–water partition coefficient (Wildman–Crippen LogP) is 3.03. The van der Waals surface area contributed by atoms with Gasteiger partial charge in [-0.05, 0) is 42.5 Å². The number of aliphatic imine (C=N–C) groups is 1. The standard InChI is InChI=1S/C17H17F3N4O.HI/c1-21-17(22-9-11-8-13(19)4-7-15(11)20)23-10-16(25)24-14-5-2-12(18)3-6-14;/h2-8H,9-10H2,1H3,(H,24,25)(H2,21,22,23);1H. The van der Waals surface area contributed by atoms with Crippen molar-refractivity contribution in [3.05, 3.63) is 65.5 Å². The minimum atomic E-state index is -0.543. The Hall–Kier alpha value is -2.30. The third-order valence-electron chi connectivity index (χ3n) is 3.22. The number of rotatable bonds is 5. The maximum atomic E-state index is 13.6. The van der Waals surface area contributed by atoms with Crippen LogP contribution in [-0.2, 0) is 11.3 Å². The van der Waals surface area contributed by atoms with Gasteiger partial charge in [0.2, 0.25) is 5.91 Å². The second kappa shape index (κ2) is 10.6. The average Bonchev–Trinajstić information content (AvgIpc) is 2.60. The Morgan fingerprint density at radius 1 is 1.00 bits per heavy atom. The number of benzene rings is 2. The van der Waals surface area contributed by atoms with Crippen LogP contribution in [0.5, 0.6) is 0 Å². The summed E-state index contributed by atoms with van der Waals surface area (Å²) < 4.78 is 39.5. The maximum Gasteiger partial charge on any atom is 0.243 e. The van der Waals surface area contributed by atoms with Crippen LogP contribution in [0.4, 0.5) is 18.9 Å². The van der Waals surface area contributed by atoms with Crippen molar-refractivity contribution >= 4 is 41.5 Å². The maximum absolute atomic E-state index is 13.6. The van der Waals surface area contributed by atoms with Crippen molar-refractivity contribution in [1.82, 2.24) is 10.6 Å². The van der Waals surface area contributed by atoms with E-state index in [0.29, 0.717) is 5.69 Å². The Morgan fingerprint density at radius 2 is 1.65 bits per heavy atom. The van der Waals surface area contributed by atoms with Crippen LogP contribution in [0, 0.1) is 17.5 Å². The Morgan fingerprint density at radius 3 is 2.31 bits per heavy atom. The Balaban J connectivity index is 0.00000338. The van der Waals surface area contributed by atoms with E-state index in [9.17, 15) is 18.0 Å². The lowest BCUT2D eigenvalue weighted by molar-refractivity contribution is -0.115. The zero-order chi connectivity index (χ0) is 18.2. The smallest absolute Gasteiger partial charge is 0.243 e. The lowest BCUT2D eigenvalue weighted by Crippen LogP contribution is -2.41. The zero-order valence-corrected chi connectivity index (χ0v) is 16.2. The topological polar surface area (TPSA) is 65.5 Å². The summed E-state index contributed by atoms with van der Waals surface area (Å²) in [6, 6.07) is 8.50. The molecule has 0 atom stereocenters. The predicted molar refractivity (Wildman–Crippen MR) is 105 cm³/mol. The number of guanidine groups is 1. The van der Waals surface area contributed by atoms with Crippen LogP contribution < -0.4 is 16.0 Å². The molecule has 0 heterocycles. The highest BCUT2D eigenvalue weighted by atomic mass is 127. The molecule has 1 amide bonds. The summed E-state index contributed by atoms with van der Waals surface area (Å²) >= 11 is 0. The Bertz CT molecular complexity index is 769. The molecule has 9 heteroatoms. The molecule has 2 aromatic rings. The highest BCUT2D eigenvalue weighted by Gasteiger charge is 2.07. The summed E-state index contributed by atoms with van der Waals surface area (Å²) in [6.07, 6.45) is 0.